The quantitative estimate of drug-likeness (QED) is 0.783. The molecule has 1 unspecified atom stereocenters. The zero-order chi connectivity index (χ0) is 12.8. The molecule has 18 heavy (non-hydrogen) atoms. The van der Waals surface area contributed by atoms with Gasteiger partial charge in [0.05, 0.1) is 5.01 Å². The molecule has 2 aromatic heterocycles. The highest BCUT2D eigenvalue weighted by Crippen LogP contribution is 2.11. The maximum atomic E-state index is 4.48. The average Bonchev–Trinajstić information content (AvgIpc) is 2.96. The van der Waals surface area contributed by atoms with Gasteiger partial charge in [0, 0.05) is 23.5 Å². The normalized spacial score (nSPS) is 12.8. The van der Waals surface area contributed by atoms with Crippen molar-refractivity contribution in [3.05, 3.63) is 38.5 Å². The number of thiophene rings is 1. The van der Waals surface area contributed by atoms with Gasteiger partial charge in [-0.3, -0.25) is 0 Å². The molecule has 0 aliphatic rings. The second kappa shape index (κ2) is 7.02. The molecular weight excluding hydrogens is 260 g/mol. The fraction of sp³-hybridized carbons (Fsp3) is 0.500. The Morgan fingerprint density at radius 1 is 1.39 bits per heavy atom. The van der Waals surface area contributed by atoms with Crippen LogP contribution >= 0.6 is 22.7 Å². The fourth-order valence-corrected chi connectivity index (χ4v) is 3.44. The number of hydrogen-bond donors (Lipinski definition) is 1. The number of nitrogens with one attached hydrogen (secondary N) is 1. The smallest absolute Gasteiger partial charge is 0.0928 e. The van der Waals surface area contributed by atoms with Gasteiger partial charge in [-0.25, -0.2) is 4.98 Å². The molecule has 0 saturated carbocycles. The molecule has 2 aromatic rings. The van der Waals surface area contributed by atoms with Crippen molar-refractivity contribution in [1.82, 2.24) is 10.3 Å². The van der Waals surface area contributed by atoms with E-state index in [4.69, 9.17) is 0 Å². The van der Waals surface area contributed by atoms with Crippen LogP contribution in [0.3, 0.4) is 0 Å². The Hall–Kier alpha value is -0.710. The van der Waals surface area contributed by atoms with Gasteiger partial charge >= 0.3 is 0 Å². The highest BCUT2D eigenvalue weighted by molar-refractivity contribution is 7.09. The number of aryl methyl sites for hydroxylation is 2. The zero-order valence-electron chi connectivity index (χ0n) is 11.0. The van der Waals surface area contributed by atoms with E-state index in [1.54, 1.807) is 22.7 Å². The molecule has 0 amide bonds. The Morgan fingerprint density at radius 2 is 2.28 bits per heavy atom. The van der Waals surface area contributed by atoms with Crippen LogP contribution in [0.5, 0.6) is 0 Å². The van der Waals surface area contributed by atoms with Crippen LogP contribution in [-0.4, -0.2) is 17.6 Å². The van der Waals surface area contributed by atoms with Crippen molar-refractivity contribution in [2.75, 3.05) is 6.54 Å². The SMILES string of the molecule is Cc1csc(CCCNC(C)Cc2ccsc2)n1. The third kappa shape index (κ3) is 4.52. The Bertz CT molecular complexity index is 448. The van der Waals surface area contributed by atoms with E-state index in [0.717, 1.165) is 25.1 Å². The number of hydrogen-bond acceptors (Lipinski definition) is 4. The highest BCUT2D eigenvalue weighted by Gasteiger charge is 2.03. The molecular formula is C14H20N2S2. The summed E-state index contributed by atoms with van der Waals surface area (Å²) in [4.78, 5) is 4.48. The monoisotopic (exact) mass is 280 g/mol. The molecule has 2 rings (SSSR count). The predicted octanol–water partition coefficient (Wildman–Crippen LogP) is 3.67. The second-order valence-electron chi connectivity index (χ2n) is 4.68. The van der Waals surface area contributed by atoms with Gasteiger partial charge in [-0.1, -0.05) is 0 Å². The molecule has 1 N–H and O–H groups in total. The van der Waals surface area contributed by atoms with Crippen molar-refractivity contribution in [2.45, 2.75) is 39.2 Å². The first kappa shape index (κ1) is 13.7. The largest absolute Gasteiger partial charge is 0.314 e. The third-order valence-corrected chi connectivity index (χ3v) is 4.61. The summed E-state index contributed by atoms with van der Waals surface area (Å²) >= 11 is 3.55. The summed E-state index contributed by atoms with van der Waals surface area (Å²) in [5, 5.41) is 11.3. The second-order valence-corrected chi connectivity index (χ2v) is 6.40. The highest BCUT2D eigenvalue weighted by atomic mass is 32.1. The lowest BCUT2D eigenvalue weighted by Gasteiger charge is -2.12. The van der Waals surface area contributed by atoms with Crippen LogP contribution in [0.1, 0.15) is 29.6 Å². The molecule has 2 nitrogen and oxygen atoms in total. The van der Waals surface area contributed by atoms with Crippen LogP contribution in [-0.2, 0) is 12.8 Å². The minimum absolute atomic E-state index is 0.553. The molecule has 0 aliphatic heterocycles. The van der Waals surface area contributed by atoms with Crippen LogP contribution in [0.4, 0.5) is 0 Å². The summed E-state index contributed by atoms with van der Waals surface area (Å²) in [5.74, 6) is 0. The van der Waals surface area contributed by atoms with Gasteiger partial charge < -0.3 is 5.32 Å². The lowest BCUT2D eigenvalue weighted by molar-refractivity contribution is 0.534. The van der Waals surface area contributed by atoms with Crippen molar-refractivity contribution in [3.63, 3.8) is 0 Å². The van der Waals surface area contributed by atoms with Gasteiger partial charge in [0.2, 0.25) is 0 Å². The van der Waals surface area contributed by atoms with Crippen LogP contribution in [0.25, 0.3) is 0 Å². The standard InChI is InChI=1S/C14H20N2S2/c1-11(8-13-5-7-17-10-13)15-6-3-4-14-16-12(2)9-18-14/h5,7,9-11,15H,3-4,6,8H2,1-2H3. The Morgan fingerprint density at radius 3 is 2.94 bits per heavy atom. The molecule has 0 spiro atoms. The lowest BCUT2D eigenvalue weighted by atomic mass is 10.1. The lowest BCUT2D eigenvalue weighted by Crippen LogP contribution is -2.29. The van der Waals surface area contributed by atoms with E-state index >= 15 is 0 Å². The predicted molar refractivity (Wildman–Crippen MR) is 80.7 cm³/mol. The van der Waals surface area contributed by atoms with Crippen molar-refractivity contribution in [2.24, 2.45) is 0 Å². The van der Waals surface area contributed by atoms with E-state index in [1.165, 1.54) is 17.0 Å². The summed E-state index contributed by atoms with van der Waals surface area (Å²) in [6.07, 6.45) is 3.39. The van der Waals surface area contributed by atoms with Crippen molar-refractivity contribution >= 4 is 22.7 Å². The van der Waals surface area contributed by atoms with Crippen LogP contribution in [0.15, 0.2) is 22.2 Å². The molecule has 0 bridgehead atoms. The summed E-state index contributed by atoms with van der Waals surface area (Å²) in [6, 6.07) is 2.76. The Labute approximate surface area is 117 Å². The number of aromatic nitrogens is 1. The summed E-state index contributed by atoms with van der Waals surface area (Å²) in [7, 11) is 0. The molecule has 0 radical (unpaired) electrons. The van der Waals surface area contributed by atoms with Gasteiger partial charge in [0.1, 0.15) is 0 Å². The van der Waals surface area contributed by atoms with Gasteiger partial charge in [-0.05, 0) is 55.6 Å². The molecule has 2 heterocycles. The zero-order valence-corrected chi connectivity index (χ0v) is 12.6. The molecule has 1 atom stereocenters. The number of rotatable bonds is 7. The van der Waals surface area contributed by atoms with Crippen LogP contribution in [0, 0.1) is 6.92 Å². The van der Waals surface area contributed by atoms with Gasteiger partial charge in [0.15, 0.2) is 0 Å². The summed E-state index contributed by atoms with van der Waals surface area (Å²) in [5.41, 5.74) is 2.59. The topological polar surface area (TPSA) is 24.9 Å². The summed E-state index contributed by atoms with van der Waals surface area (Å²) in [6.45, 7) is 5.39. The molecule has 4 heteroatoms. The fourth-order valence-electron chi connectivity index (χ4n) is 1.94. The Kier molecular flexibility index (Phi) is 5.35. The van der Waals surface area contributed by atoms with Gasteiger partial charge in [-0.2, -0.15) is 11.3 Å². The molecule has 0 aliphatic carbocycles. The van der Waals surface area contributed by atoms with Crippen molar-refractivity contribution < 1.29 is 0 Å². The average molecular weight is 280 g/mol. The van der Waals surface area contributed by atoms with E-state index in [1.807, 2.05) is 0 Å². The molecule has 98 valence electrons. The first-order valence-electron chi connectivity index (χ1n) is 6.39. The molecule has 0 fully saturated rings. The minimum atomic E-state index is 0.553. The maximum absolute atomic E-state index is 4.48. The number of thiazole rings is 1. The van der Waals surface area contributed by atoms with Crippen molar-refractivity contribution in [1.29, 1.82) is 0 Å². The van der Waals surface area contributed by atoms with E-state index < -0.39 is 0 Å². The maximum Gasteiger partial charge on any atom is 0.0928 e. The van der Waals surface area contributed by atoms with E-state index in [2.05, 4.69) is 46.4 Å². The van der Waals surface area contributed by atoms with Crippen LogP contribution < -0.4 is 5.32 Å². The van der Waals surface area contributed by atoms with Gasteiger partial charge in [-0.15, -0.1) is 11.3 Å². The first-order valence-corrected chi connectivity index (χ1v) is 8.22. The van der Waals surface area contributed by atoms with Gasteiger partial charge in [0.25, 0.3) is 0 Å². The van der Waals surface area contributed by atoms with Crippen molar-refractivity contribution in [3.8, 4) is 0 Å². The minimum Gasteiger partial charge on any atom is -0.314 e. The van der Waals surface area contributed by atoms with E-state index in [-0.39, 0.29) is 0 Å². The summed E-state index contributed by atoms with van der Waals surface area (Å²) < 4.78 is 0. The van der Waals surface area contributed by atoms with E-state index in [0.29, 0.717) is 6.04 Å². The third-order valence-electron chi connectivity index (χ3n) is 2.85. The molecule has 0 aromatic carbocycles. The van der Waals surface area contributed by atoms with E-state index in [9.17, 15) is 0 Å². The first-order chi connectivity index (χ1) is 8.74. The number of nitrogens with zero attached hydrogens (tertiary/aromatic N) is 1. The molecule has 0 saturated heterocycles. The van der Waals surface area contributed by atoms with Crippen LogP contribution in [0.2, 0.25) is 0 Å². The Balaban J connectivity index is 1.60.